The van der Waals surface area contributed by atoms with E-state index in [1.165, 1.54) is 10.6 Å². The summed E-state index contributed by atoms with van der Waals surface area (Å²) >= 11 is 1.72. The van der Waals surface area contributed by atoms with Crippen LogP contribution in [0.2, 0.25) is 0 Å². The molecule has 3 rings (SSSR count). The molecule has 0 aliphatic rings. The number of furan rings is 1. The number of thiophene rings is 1. The van der Waals surface area contributed by atoms with E-state index in [0.717, 1.165) is 37.7 Å². The topological polar surface area (TPSA) is 67.4 Å². The van der Waals surface area contributed by atoms with Crippen LogP contribution in [0.1, 0.15) is 16.3 Å². The third-order valence-electron chi connectivity index (χ3n) is 3.81. The molecule has 0 radical (unpaired) electrons. The molecule has 0 fully saturated rings. The van der Waals surface area contributed by atoms with Gasteiger partial charge in [-0.05, 0) is 29.6 Å². The van der Waals surface area contributed by atoms with Crippen molar-refractivity contribution in [2.45, 2.75) is 19.4 Å². The normalized spacial score (nSPS) is 11.2. The van der Waals surface area contributed by atoms with E-state index in [0.29, 0.717) is 6.54 Å². The molecule has 0 atom stereocenters. The summed E-state index contributed by atoms with van der Waals surface area (Å²) in [4.78, 5) is 5.93. The molecule has 6 nitrogen and oxygen atoms in total. The summed E-state index contributed by atoms with van der Waals surface area (Å²) in [5.41, 5.74) is 1.20. The highest BCUT2D eigenvalue weighted by atomic mass is 127. The number of nitrogens with zero attached hydrogens (tertiary/aromatic N) is 3. The Labute approximate surface area is 174 Å². The minimum atomic E-state index is 0. The van der Waals surface area contributed by atoms with Crippen molar-refractivity contribution in [3.8, 4) is 0 Å². The molecule has 0 amide bonds. The first-order valence-electron chi connectivity index (χ1n) is 8.35. The monoisotopic (exact) mass is 485 g/mol. The number of halogens is 1. The number of aliphatic imine (C=N–C) groups is 1. The van der Waals surface area contributed by atoms with E-state index in [-0.39, 0.29) is 24.0 Å². The highest BCUT2D eigenvalue weighted by Gasteiger charge is 2.03. The Morgan fingerprint density at radius 2 is 2.04 bits per heavy atom. The van der Waals surface area contributed by atoms with E-state index in [1.54, 1.807) is 17.6 Å². The fourth-order valence-electron chi connectivity index (χ4n) is 2.45. The molecule has 0 unspecified atom stereocenters. The van der Waals surface area contributed by atoms with Crippen LogP contribution in [-0.4, -0.2) is 28.8 Å². The molecular weight excluding hydrogens is 461 g/mol. The molecule has 2 N–H and O–H groups in total. The first kappa shape index (κ1) is 20.5. The average Bonchev–Trinajstić information content (AvgIpc) is 3.36. The molecule has 140 valence electrons. The van der Waals surface area contributed by atoms with Gasteiger partial charge in [-0.3, -0.25) is 4.68 Å². The van der Waals surface area contributed by atoms with Gasteiger partial charge in [-0.2, -0.15) is 5.10 Å². The lowest BCUT2D eigenvalue weighted by molar-refractivity contribution is 0.506. The number of guanidine groups is 1. The molecule has 8 heteroatoms. The van der Waals surface area contributed by atoms with Crippen LogP contribution in [0, 0.1) is 0 Å². The fraction of sp³-hybridized carbons (Fsp3) is 0.333. The van der Waals surface area contributed by atoms with Gasteiger partial charge < -0.3 is 15.1 Å². The van der Waals surface area contributed by atoms with E-state index in [1.807, 2.05) is 36.1 Å². The van der Waals surface area contributed by atoms with Gasteiger partial charge in [0.05, 0.1) is 12.8 Å². The van der Waals surface area contributed by atoms with E-state index in [2.05, 4.69) is 38.2 Å². The third kappa shape index (κ3) is 6.49. The average molecular weight is 485 g/mol. The van der Waals surface area contributed by atoms with Crippen molar-refractivity contribution in [3.05, 3.63) is 64.5 Å². The predicted octanol–water partition coefficient (Wildman–Crippen LogP) is 3.21. The fourth-order valence-corrected chi connectivity index (χ4v) is 3.08. The lowest BCUT2D eigenvalue weighted by atomic mass is 10.3. The van der Waals surface area contributed by atoms with Crippen molar-refractivity contribution in [1.82, 2.24) is 20.4 Å². The van der Waals surface area contributed by atoms with Gasteiger partial charge in [0.25, 0.3) is 0 Å². The van der Waals surface area contributed by atoms with Crippen molar-refractivity contribution in [3.63, 3.8) is 0 Å². The molecule has 0 saturated carbocycles. The summed E-state index contributed by atoms with van der Waals surface area (Å²) in [6.45, 7) is 2.26. The van der Waals surface area contributed by atoms with E-state index in [4.69, 9.17) is 4.42 Å². The van der Waals surface area contributed by atoms with Gasteiger partial charge in [-0.25, -0.2) is 4.99 Å². The Hall–Kier alpha value is -1.81. The van der Waals surface area contributed by atoms with Crippen LogP contribution in [0.15, 0.2) is 57.6 Å². The van der Waals surface area contributed by atoms with Crippen molar-refractivity contribution in [2.75, 3.05) is 13.1 Å². The summed E-state index contributed by atoms with van der Waals surface area (Å²) in [6.07, 6.45) is 5.25. The molecule has 26 heavy (non-hydrogen) atoms. The number of nitrogens with one attached hydrogen (secondary N) is 2. The van der Waals surface area contributed by atoms with Crippen LogP contribution in [0.5, 0.6) is 0 Å². The van der Waals surface area contributed by atoms with E-state index >= 15 is 0 Å². The SMILES string of the molecule is Cn1nccc1CCNC(=NCc1cccs1)NCCc1ccco1.I. The predicted molar refractivity (Wildman–Crippen MR) is 116 cm³/mol. The van der Waals surface area contributed by atoms with Gasteiger partial charge >= 0.3 is 0 Å². The van der Waals surface area contributed by atoms with Crippen LogP contribution in [0.4, 0.5) is 0 Å². The second-order valence-electron chi connectivity index (χ2n) is 5.62. The lowest BCUT2D eigenvalue weighted by Crippen LogP contribution is -2.39. The smallest absolute Gasteiger partial charge is 0.191 e. The standard InChI is InChI=1S/C18H23N5OS.HI/c1-23-15(7-11-22-23)6-9-19-18(21-14-17-5-3-13-25-17)20-10-8-16-4-2-12-24-16;/h2-5,7,11-13H,6,8-10,14H2,1H3,(H2,19,20,21);1H. The third-order valence-corrected chi connectivity index (χ3v) is 4.67. The second-order valence-corrected chi connectivity index (χ2v) is 6.66. The number of hydrogen-bond donors (Lipinski definition) is 2. The number of aryl methyl sites for hydroxylation is 1. The van der Waals surface area contributed by atoms with Gasteiger partial charge in [0, 0.05) is 49.7 Å². The first-order valence-corrected chi connectivity index (χ1v) is 9.23. The molecule has 0 bridgehead atoms. The largest absolute Gasteiger partial charge is 0.469 e. The quantitative estimate of drug-likeness (QED) is 0.292. The molecule has 0 spiro atoms. The molecule has 0 aliphatic heterocycles. The Kier molecular flexibility index (Phi) is 8.69. The minimum absolute atomic E-state index is 0. The van der Waals surface area contributed by atoms with Crippen LogP contribution < -0.4 is 10.6 Å². The maximum Gasteiger partial charge on any atom is 0.191 e. The Balaban J connectivity index is 0.00000243. The summed E-state index contributed by atoms with van der Waals surface area (Å²) in [7, 11) is 1.96. The first-order chi connectivity index (χ1) is 12.3. The molecule has 3 aromatic rings. The van der Waals surface area contributed by atoms with E-state index < -0.39 is 0 Å². The molecular formula is C18H24IN5OS. The zero-order chi connectivity index (χ0) is 17.3. The van der Waals surface area contributed by atoms with E-state index in [9.17, 15) is 0 Å². The maximum absolute atomic E-state index is 5.37. The second kappa shape index (κ2) is 11.0. The summed E-state index contributed by atoms with van der Waals surface area (Å²) in [6, 6.07) is 10.1. The zero-order valence-corrected chi connectivity index (χ0v) is 17.9. The maximum atomic E-state index is 5.37. The number of aromatic nitrogens is 2. The number of rotatable bonds is 8. The number of hydrogen-bond acceptors (Lipinski definition) is 4. The molecule has 0 aromatic carbocycles. The minimum Gasteiger partial charge on any atom is -0.469 e. The molecule has 0 saturated heterocycles. The summed E-state index contributed by atoms with van der Waals surface area (Å²) < 4.78 is 7.27. The van der Waals surface area contributed by atoms with Crippen molar-refractivity contribution in [1.29, 1.82) is 0 Å². The van der Waals surface area contributed by atoms with Gasteiger partial charge in [-0.1, -0.05) is 6.07 Å². The van der Waals surface area contributed by atoms with Crippen LogP contribution in [0.3, 0.4) is 0 Å². The van der Waals surface area contributed by atoms with Gasteiger partial charge in [-0.15, -0.1) is 35.3 Å². The molecule has 0 aliphatic carbocycles. The van der Waals surface area contributed by atoms with Crippen molar-refractivity contribution in [2.24, 2.45) is 12.0 Å². The highest BCUT2D eigenvalue weighted by molar-refractivity contribution is 14.0. The van der Waals surface area contributed by atoms with Crippen LogP contribution in [0.25, 0.3) is 0 Å². The van der Waals surface area contributed by atoms with Gasteiger partial charge in [0.1, 0.15) is 5.76 Å². The van der Waals surface area contributed by atoms with Gasteiger partial charge in [0.2, 0.25) is 0 Å². The van der Waals surface area contributed by atoms with Crippen molar-refractivity contribution >= 4 is 41.3 Å². The zero-order valence-electron chi connectivity index (χ0n) is 14.7. The Morgan fingerprint density at radius 1 is 1.19 bits per heavy atom. The van der Waals surface area contributed by atoms with Crippen LogP contribution in [-0.2, 0) is 26.4 Å². The highest BCUT2D eigenvalue weighted by Crippen LogP contribution is 2.09. The van der Waals surface area contributed by atoms with Gasteiger partial charge in [0.15, 0.2) is 5.96 Å². The summed E-state index contributed by atoms with van der Waals surface area (Å²) in [5, 5.41) is 13.0. The molecule has 3 aromatic heterocycles. The molecule has 3 heterocycles. The Bertz CT molecular complexity index is 767. The van der Waals surface area contributed by atoms with Crippen LogP contribution >= 0.6 is 35.3 Å². The summed E-state index contributed by atoms with van der Waals surface area (Å²) in [5.74, 6) is 1.79. The lowest BCUT2D eigenvalue weighted by Gasteiger charge is -2.12. The van der Waals surface area contributed by atoms with Crippen molar-refractivity contribution < 1.29 is 4.42 Å². The Morgan fingerprint density at radius 3 is 2.69 bits per heavy atom.